The van der Waals surface area contributed by atoms with Gasteiger partial charge in [0.1, 0.15) is 23.2 Å². The molecule has 4 rings (SSSR count). The Hall–Kier alpha value is -3.33. The van der Waals surface area contributed by atoms with Gasteiger partial charge >= 0.3 is 0 Å². The Kier molecular flexibility index (Phi) is 8.87. The van der Waals surface area contributed by atoms with Crippen LogP contribution in [0.25, 0.3) is 10.6 Å². The second-order valence-electron chi connectivity index (χ2n) is 8.99. The van der Waals surface area contributed by atoms with Crippen LogP contribution in [0, 0.1) is 18.6 Å². The first kappa shape index (κ1) is 26.7. The highest BCUT2D eigenvalue weighted by atomic mass is 32.1. The van der Waals surface area contributed by atoms with Crippen LogP contribution in [0.3, 0.4) is 0 Å². The van der Waals surface area contributed by atoms with E-state index in [4.69, 9.17) is 4.42 Å². The topological polar surface area (TPSA) is 74.5 Å². The molecule has 0 aliphatic rings. The molecule has 194 valence electrons. The summed E-state index contributed by atoms with van der Waals surface area (Å²) in [5.41, 5.74) is 2.97. The number of amides is 1. The van der Waals surface area contributed by atoms with Gasteiger partial charge in [0.25, 0.3) is 5.91 Å². The Morgan fingerprint density at radius 3 is 2.49 bits per heavy atom. The average molecular weight is 525 g/mol. The molecule has 0 saturated heterocycles. The SMILES string of the molecule is CCc1cccc(CNC[C@@H](O)[C@H](Cc2cc(F)cc(F)c2)NC(=O)c2cc(-c3cccs3)oc2C)c1. The van der Waals surface area contributed by atoms with E-state index in [-0.39, 0.29) is 13.0 Å². The third-order valence-corrected chi connectivity index (χ3v) is 7.05. The van der Waals surface area contributed by atoms with E-state index in [9.17, 15) is 18.7 Å². The van der Waals surface area contributed by atoms with Gasteiger partial charge < -0.3 is 20.2 Å². The second kappa shape index (κ2) is 12.3. The second-order valence-corrected chi connectivity index (χ2v) is 9.94. The summed E-state index contributed by atoms with van der Waals surface area (Å²) in [7, 11) is 0. The van der Waals surface area contributed by atoms with Crippen LogP contribution in [0.5, 0.6) is 0 Å². The quantitative estimate of drug-likeness (QED) is 0.237. The van der Waals surface area contributed by atoms with Gasteiger partial charge in [-0.3, -0.25) is 4.79 Å². The highest BCUT2D eigenvalue weighted by Crippen LogP contribution is 2.29. The molecule has 0 unspecified atom stereocenters. The fourth-order valence-corrected chi connectivity index (χ4v) is 4.90. The first-order valence-electron chi connectivity index (χ1n) is 12.2. The van der Waals surface area contributed by atoms with Crippen LogP contribution in [0.15, 0.2) is 70.5 Å². The molecule has 2 aromatic carbocycles. The minimum atomic E-state index is -1.02. The molecule has 5 nitrogen and oxygen atoms in total. The van der Waals surface area contributed by atoms with Gasteiger partial charge in [0, 0.05) is 19.2 Å². The van der Waals surface area contributed by atoms with Crippen molar-refractivity contribution in [1.29, 1.82) is 0 Å². The molecule has 0 saturated carbocycles. The smallest absolute Gasteiger partial charge is 0.255 e. The van der Waals surface area contributed by atoms with Gasteiger partial charge in [-0.15, -0.1) is 11.3 Å². The van der Waals surface area contributed by atoms with Crippen molar-refractivity contribution in [2.45, 2.75) is 45.4 Å². The summed E-state index contributed by atoms with van der Waals surface area (Å²) in [6, 6.07) is 16.0. The Labute approximate surface area is 219 Å². The van der Waals surface area contributed by atoms with E-state index in [2.05, 4.69) is 29.7 Å². The zero-order valence-electron chi connectivity index (χ0n) is 20.8. The van der Waals surface area contributed by atoms with Gasteiger partial charge in [-0.1, -0.05) is 37.3 Å². The number of hydrogen-bond acceptors (Lipinski definition) is 5. The lowest BCUT2D eigenvalue weighted by molar-refractivity contribution is 0.0828. The number of halogens is 2. The maximum Gasteiger partial charge on any atom is 0.255 e. The van der Waals surface area contributed by atoms with Crippen LogP contribution in [0.1, 0.15) is 39.7 Å². The Morgan fingerprint density at radius 2 is 1.78 bits per heavy atom. The van der Waals surface area contributed by atoms with Crippen molar-refractivity contribution >= 4 is 17.2 Å². The van der Waals surface area contributed by atoms with Crippen molar-refractivity contribution < 1.29 is 23.1 Å². The van der Waals surface area contributed by atoms with Crippen molar-refractivity contribution in [2.24, 2.45) is 0 Å². The molecular weight excluding hydrogens is 494 g/mol. The van der Waals surface area contributed by atoms with Crippen molar-refractivity contribution in [1.82, 2.24) is 10.6 Å². The van der Waals surface area contributed by atoms with Crippen molar-refractivity contribution in [3.8, 4) is 10.6 Å². The highest BCUT2D eigenvalue weighted by Gasteiger charge is 2.25. The largest absolute Gasteiger partial charge is 0.460 e. The fourth-order valence-electron chi connectivity index (χ4n) is 4.23. The molecule has 0 radical (unpaired) electrons. The molecule has 2 aromatic heterocycles. The number of carbonyl (C=O) groups excluding carboxylic acids is 1. The first-order valence-corrected chi connectivity index (χ1v) is 13.1. The van der Waals surface area contributed by atoms with Crippen molar-refractivity contribution in [2.75, 3.05) is 6.54 Å². The Morgan fingerprint density at radius 1 is 1.03 bits per heavy atom. The zero-order valence-corrected chi connectivity index (χ0v) is 21.6. The third-order valence-electron chi connectivity index (χ3n) is 6.17. The predicted octanol–water partition coefficient (Wildman–Crippen LogP) is 5.65. The number of benzene rings is 2. The molecule has 0 spiro atoms. The Bertz CT molecular complexity index is 1320. The summed E-state index contributed by atoms with van der Waals surface area (Å²) in [6.07, 6.45) is -0.0479. The van der Waals surface area contributed by atoms with E-state index in [1.54, 1.807) is 13.0 Å². The molecule has 1 amide bonds. The summed E-state index contributed by atoms with van der Waals surface area (Å²) >= 11 is 1.50. The zero-order chi connectivity index (χ0) is 26.4. The van der Waals surface area contributed by atoms with Crippen LogP contribution in [-0.4, -0.2) is 29.7 Å². The summed E-state index contributed by atoms with van der Waals surface area (Å²) in [4.78, 5) is 14.1. The summed E-state index contributed by atoms with van der Waals surface area (Å²) in [5.74, 6) is -0.831. The molecule has 2 heterocycles. The fraction of sp³-hybridized carbons (Fsp3) is 0.276. The van der Waals surface area contributed by atoms with E-state index in [1.807, 2.05) is 29.6 Å². The lowest BCUT2D eigenvalue weighted by atomic mass is 10.00. The van der Waals surface area contributed by atoms with Gasteiger partial charge in [-0.05, 0) is 66.1 Å². The van der Waals surface area contributed by atoms with Gasteiger partial charge in [0.15, 0.2) is 0 Å². The molecule has 3 N–H and O–H groups in total. The molecule has 4 aromatic rings. The van der Waals surface area contributed by atoms with Gasteiger partial charge in [0.05, 0.1) is 22.6 Å². The van der Waals surface area contributed by atoms with E-state index < -0.39 is 29.7 Å². The summed E-state index contributed by atoms with van der Waals surface area (Å²) < 4.78 is 33.5. The number of rotatable bonds is 11. The van der Waals surface area contributed by atoms with Crippen molar-refractivity contribution in [3.63, 3.8) is 0 Å². The minimum Gasteiger partial charge on any atom is -0.460 e. The number of hydrogen-bond donors (Lipinski definition) is 3. The molecule has 0 aliphatic heterocycles. The van der Waals surface area contributed by atoms with E-state index in [0.717, 1.165) is 22.9 Å². The number of nitrogens with one attached hydrogen (secondary N) is 2. The van der Waals surface area contributed by atoms with Crippen LogP contribution in [-0.2, 0) is 19.4 Å². The van der Waals surface area contributed by atoms with Crippen LogP contribution < -0.4 is 10.6 Å². The number of thiophene rings is 1. The number of aryl methyl sites for hydroxylation is 2. The standard InChI is InChI=1S/C29H30F2N2O3S/c1-3-19-6-4-7-20(10-19)16-32-17-26(34)25(13-21-11-22(30)14-23(31)12-21)33-29(35)24-15-27(36-18(24)2)28-8-5-9-37-28/h4-12,14-15,25-26,32,34H,3,13,16-17H2,1-2H3,(H,33,35)/t25-,26+/m0/s1. The Balaban J connectivity index is 1.48. The van der Waals surface area contributed by atoms with Crippen LogP contribution in [0.4, 0.5) is 8.78 Å². The third kappa shape index (κ3) is 7.13. The highest BCUT2D eigenvalue weighted by molar-refractivity contribution is 7.13. The molecular formula is C29H30F2N2O3S. The monoisotopic (exact) mass is 524 g/mol. The number of furan rings is 1. The average Bonchev–Trinajstić information content (AvgIpc) is 3.53. The molecule has 0 fully saturated rings. The first-order chi connectivity index (χ1) is 17.8. The number of aliphatic hydroxyl groups excluding tert-OH is 1. The lowest BCUT2D eigenvalue weighted by Crippen LogP contribution is -2.48. The maximum absolute atomic E-state index is 13.8. The molecule has 37 heavy (non-hydrogen) atoms. The predicted molar refractivity (Wildman–Crippen MR) is 142 cm³/mol. The molecule has 0 bridgehead atoms. The van der Waals surface area contributed by atoms with E-state index in [1.165, 1.54) is 29.0 Å². The summed E-state index contributed by atoms with van der Waals surface area (Å²) in [5, 5.41) is 19.0. The number of aliphatic hydroxyl groups is 1. The van der Waals surface area contributed by atoms with E-state index in [0.29, 0.717) is 29.2 Å². The van der Waals surface area contributed by atoms with Crippen LogP contribution in [0.2, 0.25) is 0 Å². The molecule has 0 aliphatic carbocycles. The molecule has 2 atom stereocenters. The van der Waals surface area contributed by atoms with Gasteiger partial charge in [-0.25, -0.2) is 8.78 Å². The lowest BCUT2D eigenvalue weighted by Gasteiger charge is -2.25. The number of carbonyl (C=O) groups is 1. The van der Waals surface area contributed by atoms with Gasteiger partial charge in [0.2, 0.25) is 0 Å². The van der Waals surface area contributed by atoms with Crippen LogP contribution >= 0.6 is 11.3 Å². The van der Waals surface area contributed by atoms with Crippen molar-refractivity contribution in [3.05, 3.63) is 106 Å². The molecule has 8 heteroatoms. The summed E-state index contributed by atoms with van der Waals surface area (Å²) in [6.45, 7) is 4.49. The maximum atomic E-state index is 13.8. The van der Waals surface area contributed by atoms with Gasteiger partial charge in [-0.2, -0.15) is 0 Å². The normalized spacial score (nSPS) is 12.9. The minimum absolute atomic E-state index is 0.0449. The van der Waals surface area contributed by atoms with E-state index >= 15 is 0 Å².